The van der Waals surface area contributed by atoms with Crippen LogP contribution in [-0.2, 0) is 13.1 Å². The molecule has 3 rings (SSSR count). The van der Waals surface area contributed by atoms with Crippen molar-refractivity contribution in [2.75, 3.05) is 12.4 Å². The van der Waals surface area contributed by atoms with Crippen LogP contribution in [0.4, 0.5) is 5.69 Å². The van der Waals surface area contributed by atoms with Gasteiger partial charge in [0, 0.05) is 36.2 Å². The number of thiocarbonyl (C=S) groups is 1. The smallest absolute Gasteiger partial charge is 0.174 e. The monoisotopic (exact) mass is 397 g/mol. The summed E-state index contributed by atoms with van der Waals surface area (Å²) in [5, 5.41) is 4.61. The lowest BCUT2D eigenvalue weighted by atomic mass is 10.2. The van der Waals surface area contributed by atoms with Gasteiger partial charge in [-0.1, -0.05) is 29.8 Å². The highest BCUT2D eigenvalue weighted by molar-refractivity contribution is 7.80. The van der Waals surface area contributed by atoms with Crippen LogP contribution in [0, 0.1) is 0 Å². The Hall–Kier alpha value is -2.63. The molecule has 6 heteroatoms. The topological polar surface area (TPSA) is 37.4 Å². The molecule has 0 amide bonds. The van der Waals surface area contributed by atoms with Crippen molar-refractivity contribution in [3.8, 4) is 5.75 Å². The zero-order chi connectivity index (χ0) is 19.1. The van der Waals surface area contributed by atoms with Gasteiger partial charge in [-0.15, -0.1) is 0 Å². The van der Waals surface area contributed by atoms with E-state index in [4.69, 9.17) is 28.6 Å². The molecule has 0 spiro atoms. The van der Waals surface area contributed by atoms with E-state index in [1.54, 1.807) is 13.3 Å². The Morgan fingerprint density at radius 2 is 1.74 bits per heavy atom. The molecule has 4 nitrogen and oxygen atoms in total. The van der Waals surface area contributed by atoms with Gasteiger partial charge in [-0.3, -0.25) is 4.98 Å². The van der Waals surface area contributed by atoms with E-state index in [1.807, 2.05) is 66.9 Å². The summed E-state index contributed by atoms with van der Waals surface area (Å²) in [6.07, 6.45) is 3.62. The van der Waals surface area contributed by atoms with Crippen LogP contribution in [0.25, 0.3) is 0 Å². The summed E-state index contributed by atoms with van der Waals surface area (Å²) in [6, 6.07) is 19.4. The minimum absolute atomic E-state index is 0.636. The summed E-state index contributed by atoms with van der Waals surface area (Å²) < 4.78 is 5.24. The van der Waals surface area contributed by atoms with Crippen molar-refractivity contribution >= 4 is 34.6 Å². The maximum atomic E-state index is 5.96. The van der Waals surface area contributed by atoms with Crippen molar-refractivity contribution in [2.45, 2.75) is 13.1 Å². The number of aromatic nitrogens is 1. The van der Waals surface area contributed by atoms with Gasteiger partial charge in [-0.05, 0) is 65.8 Å². The van der Waals surface area contributed by atoms with Gasteiger partial charge < -0.3 is 15.0 Å². The second kappa shape index (κ2) is 9.35. The van der Waals surface area contributed by atoms with E-state index >= 15 is 0 Å². The van der Waals surface area contributed by atoms with E-state index < -0.39 is 0 Å². The van der Waals surface area contributed by atoms with Gasteiger partial charge in [-0.25, -0.2) is 0 Å². The molecular weight excluding hydrogens is 378 g/mol. The van der Waals surface area contributed by atoms with Crippen molar-refractivity contribution in [1.82, 2.24) is 9.88 Å². The maximum absolute atomic E-state index is 5.96. The van der Waals surface area contributed by atoms with E-state index in [-0.39, 0.29) is 0 Å². The molecule has 1 heterocycles. The Morgan fingerprint density at radius 3 is 2.37 bits per heavy atom. The quantitative estimate of drug-likeness (QED) is 0.582. The maximum Gasteiger partial charge on any atom is 0.174 e. The summed E-state index contributed by atoms with van der Waals surface area (Å²) in [4.78, 5) is 6.30. The molecule has 2 aromatic carbocycles. The zero-order valence-electron chi connectivity index (χ0n) is 14.9. The predicted octanol–water partition coefficient (Wildman–Crippen LogP) is 5.14. The molecule has 0 atom stereocenters. The number of ether oxygens (including phenoxy) is 1. The first-order valence-electron chi connectivity index (χ1n) is 8.47. The van der Waals surface area contributed by atoms with Gasteiger partial charge in [0.15, 0.2) is 5.11 Å². The normalized spacial score (nSPS) is 10.3. The van der Waals surface area contributed by atoms with Gasteiger partial charge in [0.25, 0.3) is 0 Å². The van der Waals surface area contributed by atoms with Crippen LogP contribution in [0.5, 0.6) is 5.75 Å². The summed E-state index contributed by atoms with van der Waals surface area (Å²) in [6.45, 7) is 1.32. The van der Waals surface area contributed by atoms with Gasteiger partial charge in [0.1, 0.15) is 5.75 Å². The molecule has 0 bridgehead atoms. The first-order valence-corrected chi connectivity index (χ1v) is 9.26. The molecule has 3 aromatic rings. The molecule has 1 aromatic heterocycles. The molecule has 0 aliphatic rings. The van der Waals surface area contributed by atoms with Crippen LogP contribution in [-0.4, -0.2) is 22.1 Å². The SMILES string of the molecule is COc1ccc(CN(Cc2cccnc2)C(=S)Nc2ccc(Cl)cc2)cc1. The number of benzene rings is 2. The molecule has 138 valence electrons. The zero-order valence-corrected chi connectivity index (χ0v) is 16.5. The van der Waals surface area contributed by atoms with E-state index in [0.717, 1.165) is 22.6 Å². The molecule has 0 aliphatic carbocycles. The average molecular weight is 398 g/mol. The highest BCUT2D eigenvalue weighted by Gasteiger charge is 2.12. The second-order valence-electron chi connectivity index (χ2n) is 6.00. The molecule has 0 saturated heterocycles. The van der Waals surface area contributed by atoms with Gasteiger partial charge >= 0.3 is 0 Å². The van der Waals surface area contributed by atoms with E-state index in [2.05, 4.69) is 15.2 Å². The number of nitrogens with one attached hydrogen (secondary N) is 1. The number of nitrogens with zero attached hydrogens (tertiary/aromatic N) is 2. The molecule has 0 radical (unpaired) electrons. The lowest BCUT2D eigenvalue weighted by Crippen LogP contribution is -2.33. The van der Waals surface area contributed by atoms with Crippen LogP contribution in [0.15, 0.2) is 73.1 Å². The number of rotatable bonds is 6. The first-order chi connectivity index (χ1) is 13.1. The summed E-state index contributed by atoms with van der Waals surface area (Å²) >= 11 is 11.6. The van der Waals surface area contributed by atoms with E-state index in [0.29, 0.717) is 23.2 Å². The molecule has 0 unspecified atom stereocenters. The fraction of sp³-hybridized carbons (Fsp3) is 0.143. The Morgan fingerprint density at radius 1 is 1.04 bits per heavy atom. The number of methoxy groups -OCH3 is 1. The highest BCUT2D eigenvalue weighted by Crippen LogP contribution is 2.18. The van der Waals surface area contributed by atoms with Gasteiger partial charge in [0.2, 0.25) is 0 Å². The summed E-state index contributed by atoms with van der Waals surface area (Å²) in [5.41, 5.74) is 3.13. The molecule has 0 fully saturated rings. The fourth-order valence-electron chi connectivity index (χ4n) is 2.60. The number of pyridine rings is 1. The Bertz CT molecular complexity index is 870. The lowest BCUT2D eigenvalue weighted by Gasteiger charge is -2.26. The van der Waals surface area contributed by atoms with Crippen LogP contribution < -0.4 is 10.1 Å². The fourth-order valence-corrected chi connectivity index (χ4v) is 2.97. The third-order valence-electron chi connectivity index (χ3n) is 4.01. The number of hydrogen-bond donors (Lipinski definition) is 1. The lowest BCUT2D eigenvalue weighted by molar-refractivity contribution is 0.407. The van der Waals surface area contributed by atoms with Gasteiger partial charge in [0.05, 0.1) is 7.11 Å². The van der Waals surface area contributed by atoms with Crippen molar-refractivity contribution in [1.29, 1.82) is 0 Å². The molecular formula is C21H20ClN3OS. The van der Waals surface area contributed by atoms with Crippen LogP contribution in [0.3, 0.4) is 0 Å². The van der Waals surface area contributed by atoms with Crippen molar-refractivity contribution in [3.63, 3.8) is 0 Å². The first kappa shape index (κ1) is 19.1. The van der Waals surface area contributed by atoms with Crippen LogP contribution in [0.2, 0.25) is 5.02 Å². The molecule has 1 N–H and O–H groups in total. The molecule has 0 aliphatic heterocycles. The third-order valence-corrected chi connectivity index (χ3v) is 4.62. The largest absolute Gasteiger partial charge is 0.497 e. The number of hydrogen-bond acceptors (Lipinski definition) is 3. The van der Waals surface area contributed by atoms with Crippen molar-refractivity contribution in [3.05, 3.63) is 89.2 Å². The van der Waals surface area contributed by atoms with Crippen LogP contribution >= 0.6 is 23.8 Å². The van der Waals surface area contributed by atoms with Crippen LogP contribution in [0.1, 0.15) is 11.1 Å². The highest BCUT2D eigenvalue weighted by atomic mass is 35.5. The summed E-state index contributed by atoms with van der Waals surface area (Å²) in [5.74, 6) is 0.833. The Kier molecular flexibility index (Phi) is 6.63. The molecule has 0 saturated carbocycles. The van der Waals surface area contributed by atoms with Gasteiger partial charge in [-0.2, -0.15) is 0 Å². The van der Waals surface area contributed by atoms with E-state index in [9.17, 15) is 0 Å². The Balaban J connectivity index is 1.77. The third kappa shape index (κ3) is 5.67. The minimum atomic E-state index is 0.636. The average Bonchev–Trinajstić information content (AvgIpc) is 2.70. The van der Waals surface area contributed by atoms with Crippen molar-refractivity contribution < 1.29 is 4.74 Å². The Labute approximate surface area is 169 Å². The summed E-state index contributed by atoms with van der Waals surface area (Å²) in [7, 11) is 1.66. The minimum Gasteiger partial charge on any atom is -0.497 e. The second-order valence-corrected chi connectivity index (χ2v) is 6.83. The van der Waals surface area contributed by atoms with E-state index in [1.165, 1.54) is 0 Å². The van der Waals surface area contributed by atoms with Crippen molar-refractivity contribution in [2.24, 2.45) is 0 Å². The predicted molar refractivity (Wildman–Crippen MR) is 114 cm³/mol. The molecule has 27 heavy (non-hydrogen) atoms. The number of anilines is 1. The number of halogens is 1. The standard InChI is InChI=1S/C21H20ClN3OS/c1-26-20-10-4-16(5-11-20)14-25(15-17-3-2-12-23-13-17)21(27)24-19-8-6-18(22)7-9-19/h2-13H,14-15H2,1H3,(H,24,27).